The summed E-state index contributed by atoms with van der Waals surface area (Å²) < 4.78 is 1.33. The Balaban J connectivity index is 2.32. The van der Waals surface area contributed by atoms with E-state index in [2.05, 4.69) is 11.2 Å². The van der Waals surface area contributed by atoms with Gasteiger partial charge in [-0.05, 0) is 32.4 Å². The summed E-state index contributed by atoms with van der Waals surface area (Å²) in [6.07, 6.45) is 0.573. The highest BCUT2D eigenvalue weighted by molar-refractivity contribution is 5.66. The summed E-state index contributed by atoms with van der Waals surface area (Å²) in [5, 5.41) is 14.2. The lowest BCUT2D eigenvalue weighted by atomic mass is 10.00. The molecule has 3 aromatic rings. The maximum atomic E-state index is 12.8. The number of rotatable bonds is 3. The van der Waals surface area contributed by atoms with Crippen molar-refractivity contribution < 1.29 is 0 Å². The third kappa shape index (κ3) is 3.09. The predicted molar refractivity (Wildman–Crippen MR) is 98.8 cm³/mol. The molecule has 0 aliphatic carbocycles. The quantitative estimate of drug-likeness (QED) is 0.731. The van der Waals surface area contributed by atoms with E-state index in [1.54, 1.807) is 0 Å². The van der Waals surface area contributed by atoms with Crippen molar-refractivity contribution in [1.82, 2.24) is 9.78 Å². The van der Waals surface area contributed by atoms with Gasteiger partial charge in [0.2, 0.25) is 0 Å². The van der Waals surface area contributed by atoms with Gasteiger partial charge in [0.1, 0.15) is 11.6 Å². The molecule has 0 spiro atoms. The average molecular weight is 329 g/mol. The second-order valence-electron chi connectivity index (χ2n) is 6.09. The van der Waals surface area contributed by atoms with Crippen molar-refractivity contribution in [2.24, 2.45) is 0 Å². The topological polar surface area (TPSA) is 58.7 Å². The monoisotopic (exact) mass is 329 g/mol. The average Bonchev–Trinajstić information content (AvgIpc) is 2.63. The summed E-state index contributed by atoms with van der Waals surface area (Å²) in [6.45, 7) is 5.94. The van der Waals surface area contributed by atoms with Crippen molar-refractivity contribution in [2.45, 2.75) is 27.2 Å². The van der Waals surface area contributed by atoms with E-state index in [1.807, 2.05) is 69.3 Å². The van der Waals surface area contributed by atoms with Crippen molar-refractivity contribution in [1.29, 1.82) is 5.26 Å². The predicted octanol–water partition coefficient (Wildman–Crippen LogP) is 3.95. The number of aromatic nitrogens is 2. The van der Waals surface area contributed by atoms with E-state index in [1.165, 1.54) is 4.68 Å². The van der Waals surface area contributed by atoms with Crippen LogP contribution in [-0.4, -0.2) is 9.78 Å². The summed E-state index contributed by atoms with van der Waals surface area (Å²) in [5.74, 6) is 0. The van der Waals surface area contributed by atoms with Crippen LogP contribution >= 0.6 is 0 Å². The molecule has 0 amide bonds. The third-order valence-electron chi connectivity index (χ3n) is 4.26. The number of hydrogen-bond donors (Lipinski definition) is 0. The first-order valence-corrected chi connectivity index (χ1v) is 8.25. The molecule has 4 heteroatoms. The lowest BCUT2D eigenvalue weighted by Gasteiger charge is -2.13. The van der Waals surface area contributed by atoms with Gasteiger partial charge in [-0.25, -0.2) is 0 Å². The zero-order chi connectivity index (χ0) is 18.0. The van der Waals surface area contributed by atoms with Crippen LogP contribution in [0.4, 0.5) is 0 Å². The minimum Gasteiger partial charge on any atom is -0.266 e. The van der Waals surface area contributed by atoms with Crippen LogP contribution in [0.15, 0.2) is 53.3 Å². The van der Waals surface area contributed by atoms with Gasteiger partial charge in [0.25, 0.3) is 5.56 Å². The van der Waals surface area contributed by atoms with Gasteiger partial charge in [0.15, 0.2) is 0 Å². The highest BCUT2D eigenvalue weighted by atomic mass is 16.1. The van der Waals surface area contributed by atoms with E-state index < -0.39 is 0 Å². The molecular formula is C21H19N3O. The zero-order valence-corrected chi connectivity index (χ0v) is 14.6. The highest BCUT2D eigenvalue weighted by Crippen LogP contribution is 2.24. The van der Waals surface area contributed by atoms with Crippen LogP contribution in [0.3, 0.4) is 0 Å². The smallest absolute Gasteiger partial charge is 0.266 e. The first-order valence-electron chi connectivity index (χ1n) is 8.25. The highest BCUT2D eigenvalue weighted by Gasteiger charge is 2.18. The van der Waals surface area contributed by atoms with Crippen molar-refractivity contribution >= 4 is 0 Å². The van der Waals surface area contributed by atoms with Crippen molar-refractivity contribution in [3.05, 3.63) is 81.1 Å². The van der Waals surface area contributed by atoms with E-state index in [9.17, 15) is 10.1 Å². The Labute approximate surface area is 147 Å². The summed E-state index contributed by atoms with van der Waals surface area (Å²) in [6, 6.07) is 17.6. The lowest BCUT2D eigenvalue weighted by Crippen LogP contribution is -2.26. The van der Waals surface area contributed by atoms with Gasteiger partial charge in [-0.1, -0.05) is 54.4 Å². The van der Waals surface area contributed by atoms with Gasteiger partial charge in [-0.3, -0.25) is 4.79 Å². The van der Waals surface area contributed by atoms with Gasteiger partial charge in [-0.2, -0.15) is 15.0 Å². The van der Waals surface area contributed by atoms with Crippen LogP contribution in [-0.2, 0) is 6.42 Å². The fourth-order valence-electron chi connectivity index (χ4n) is 2.82. The fourth-order valence-corrected chi connectivity index (χ4v) is 2.82. The van der Waals surface area contributed by atoms with Gasteiger partial charge in [0, 0.05) is 11.1 Å². The van der Waals surface area contributed by atoms with Crippen LogP contribution in [0.25, 0.3) is 16.9 Å². The van der Waals surface area contributed by atoms with Crippen LogP contribution < -0.4 is 5.56 Å². The molecule has 3 rings (SSSR count). The molecule has 25 heavy (non-hydrogen) atoms. The minimum absolute atomic E-state index is 0.161. The molecule has 0 atom stereocenters. The number of nitriles is 1. The van der Waals surface area contributed by atoms with Crippen LogP contribution in [0.1, 0.15) is 29.2 Å². The first-order chi connectivity index (χ1) is 12.0. The van der Waals surface area contributed by atoms with E-state index >= 15 is 0 Å². The summed E-state index contributed by atoms with van der Waals surface area (Å²) in [5.41, 5.74) is 4.96. The molecule has 0 unspecified atom stereocenters. The molecular weight excluding hydrogens is 310 g/mol. The van der Waals surface area contributed by atoms with Crippen LogP contribution in [0.5, 0.6) is 0 Å². The third-order valence-corrected chi connectivity index (χ3v) is 4.26. The second-order valence-corrected chi connectivity index (χ2v) is 6.09. The molecule has 0 aliphatic rings. The van der Waals surface area contributed by atoms with Gasteiger partial charge >= 0.3 is 0 Å². The maximum Gasteiger partial charge on any atom is 0.289 e. The zero-order valence-electron chi connectivity index (χ0n) is 14.6. The van der Waals surface area contributed by atoms with E-state index in [-0.39, 0.29) is 11.1 Å². The Morgan fingerprint density at radius 1 is 1.00 bits per heavy atom. The molecule has 0 N–H and O–H groups in total. The standard InChI is InChI=1S/C21H19N3O/c1-4-18-19(13-22)21(25)24(17-11-7-15(3)8-12-17)23-20(18)16-9-5-14(2)6-10-16/h5-12H,4H2,1-3H3. The van der Waals surface area contributed by atoms with E-state index in [4.69, 9.17) is 0 Å². The maximum absolute atomic E-state index is 12.8. The Hall–Kier alpha value is -3.19. The van der Waals surface area contributed by atoms with E-state index in [0.717, 1.165) is 16.7 Å². The normalized spacial score (nSPS) is 10.5. The molecule has 4 nitrogen and oxygen atoms in total. The van der Waals surface area contributed by atoms with Crippen molar-refractivity contribution in [3.63, 3.8) is 0 Å². The molecule has 1 heterocycles. The van der Waals surface area contributed by atoms with Gasteiger partial charge in [0.05, 0.1) is 11.4 Å². The summed E-state index contributed by atoms with van der Waals surface area (Å²) in [7, 11) is 0. The Bertz CT molecular complexity index is 1010. The fraction of sp³-hybridized carbons (Fsp3) is 0.190. The van der Waals surface area contributed by atoms with Gasteiger partial charge < -0.3 is 0 Å². The SMILES string of the molecule is CCc1c(-c2ccc(C)cc2)nn(-c2ccc(C)cc2)c(=O)c1C#N. The molecule has 0 saturated heterocycles. The summed E-state index contributed by atoms with van der Waals surface area (Å²) in [4.78, 5) is 12.8. The molecule has 0 fully saturated rings. The Kier molecular flexibility index (Phi) is 4.49. The molecule has 0 bridgehead atoms. The number of hydrogen-bond acceptors (Lipinski definition) is 3. The minimum atomic E-state index is -0.376. The van der Waals surface area contributed by atoms with E-state index in [0.29, 0.717) is 23.4 Å². The molecule has 1 aromatic heterocycles. The van der Waals surface area contributed by atoms with Crippen LogP contribution in [0, 0.1) is 25.2 Å². The molecule has 124 valence electrons. The van der Waals surface area contributed by atoms with Crippen molar-refractivity contribution in [3.8, 4) is 23.0 Å². The Morgan fingerprint density at radius 3 is 2.08 bits per heavy atom. The first kappa shape index (κ1) is 16.7. The van der Waals surface area contributed by atoms with Gasteiger partial charge in [-0.15, -0.1) is 0 Å². The molecule has 0 saturated carbocycles. The molecule has 0 radical (unpaired) electrons. The second kappa shape index (κ2) is 6.74. The molecule has 2 aromatic carbocycles. The summed E-state index contributed by atoms with van der Waals surface area (Å²) >= 11 is 0. The van der Waals surface area contributed by atoms with Crippen LogP contribution in [0.2, 0.25) is 0 Å². The van der Waals surface area contributed by atoms with Crippen molar-refractivity contribution in [2.75, 3.05) is 0 Å². The number of aryl methyl sites for hydroxylation is 2. The lowest BCUT2D eigenvalue weighted by molar-refractivity contribution is 0.795. The number of nitrogens with zero attached hydrogens (tertiary/aromatic N) is 3. The Morgan fingerprint density at radius 2 is 1.56 bits per heavy atom. The molecule has 0 aliphatic heterocycles. The largest absolute Gasteiger partial charge is 0.289 e. The number of benzene rings is 2.